The summed E-state index contributed by atoms with van der Waals surface area (Å²) in [4.78, 5) is 5.12. The van der Waals surface area contributed by atoms with Crippen LogP contribution in [-0.4, -0.2) is 9.55 Å². The first kappa shape index (κ1) is 34.0. The fraction of sp³-hybridized carbons (Fsp3) is 0.0755. The van der Waals surface area contributed by atoms with Gasteiger partial charge in [-0.1, -0.05) is 159 Å². The van der Waals surface area contributed by atoms with E-state index in [9.17, 15) is 0 Å². The summed E-state index contributed by atoms with van der Waals surface area (Å²) < 4.78 is 2.26. The lowest BCUT2D eigenvalue weighted by Gasteiger charge is -2.20. The van der Waals surface area contributed by atoms with Gasteiger partial charge in [-0.3, -0.25) is 4.57 Å². The monoisotopic (exact) mass is 706 g/mol. The standard InChI is InChI=1S/C53H42N2/c1-4-16-36(5-2)33-37(6-3)51-45-21-12-13-22-46(45)52(43-30-27-38-17-10-11-18-41(38)34-43)48-35-42(31-32-47(48)51)39-25-28-40(29-26-39)53-54-49-23-14-15-24-50(49)55(53)44-19-8-7-9-20-44/h4,6-35H,5H2,1-3H3/b16-4-,36-33+,37-6+. The SMILES string of the molecule is C\C=C/C(=C/C(=C\C)c1c2ccccc2c(-c2ccc3ccccc3c2)c2cc(-c3ccc(-c4nc5ccccc5n4-c4ccccc4)cc3)ccc12)CC. The quantitative estimate of drug-likeness (QED) is 0.114. The highest BCUT2D eigenvalue weighted by Gasteiger charge is 2.19. The molecule has 264 valence electrons. The number of fused-ring (bicyclic) bond motifs is 4. The van der Waals surface area contributed by atoms with Crippen LogP contribution in [0.4, 0.5) is 0 Å². The molecular weight excluding hydrogens is 665 g/mol. The van der Waals surface area contributed by atoms with Gasteiger partial charge in [-0.25, -0.2) is 4.98 Å². The van der Waals surface area contributed by atoms with E-state index in [0.29, 0.717) is 0 Å². The maximum atomic E-state index is 5.12. The van der Waals surface area contributed by atoms with Gasteiger partial charge in [-0.2, -0.15) is 0 Å². The van der Waals surface area contributed by atoms with E-state index in [1.165, 1.54) is 71.3 Å². The third-order valence-electron chi connectivity index (χ3n) is 10.8. The molecule has 0 radical (unpaired) electrons. The lowest BCUT2D eigenvalue weighted by Crippen LogP contribution is -1.97. The lowest BCUT2D eigenvalue weighted by molar-refractivity contribution is 1.10. The van der Waals surface area contributed by atoms with Gasteiger partial charge in [0, 0.05) is 11.3 Å². The minimum absolute atomic E-state index is 0.934. The fourth-order valence-corrected chi connectivity index (χ4v) is 8.18. The van der Waals surface area contributed by atoms with Gasteiger partial charge >= 0.3 is 0 Å². The van der Waals surface area contributed by atoms with E-state index in [1.54, 1.807) is 0 Å². The molecule has 0 saturated heterocycles. The smallest absolute Gasteiger partial charge is 0.145 e. The van der Waals surface area contributed by atoms with E-state index in [1.807, 2.05) is 0 Å². The number of aromatic nitrogens is 2. The first-order valence-corrected chi connectivity index (χ1v) is 19.3. The summed E-state index contributed by atoms with van der Waals surface area (Å²) in [5, 5.41) is 7.50. The number of para-hydroxylation sites is 3. The maximum absolute atomic E-state index is 5.12. The summed E-state index contributed by atoms with van der Waals surface area (Å²) in [6.45, 7) is 6.48. The van der Waals surface area contributed by atoms with Crippen molar-refractivity contribution in [1.82, 2.24) is 9.55 Å². The van der Waals surface area contributed by atoms with Gasteiger partial charge in [0.2, 0.25) is 0 Å². The molecule has 9 aromatic rings. The van der Waals surface area contributed by atoms with Gasteiger partial charge in [0.25, 0.3) is 0 Å². The Morgan fingerprint density at radius 2 is 1.22 bits per heavy atom. The Labute approximate surface area is 323 Å². The van der Waals surface area contributed by atoms with Crippen molar-refractivity contribution in [2.45, 2.75) is 27.2 Å². The highest BCUT2D eigenvalue weighted by atomic mass is 15.1. The largest absolute Gasteiger partial charge is 0.292 e. The number of imidazole rings is 1. The molecule has 0 fully saturated rings. The van der Waals surface area contributed by atoms with Crippen molar-refractivity contribution >= 4 is 48.9 Å². The second-order valence-corrected chi connectivity index (χ2v) is 14.1. The molecule has 0 atom stereocenters. The molecule has 1 heterocycles. The van der Waals surface area contributed by atoms with Crippen molar-refractivity contribution in [3.05, 3.63) is 199 Å². The van der Waals surface area contributed by atoms with E-state index in [0.717, 1.165) is 34.5 Å². The van der Waals surface area contributed by atoms with Crippen LogP contribution in [0.3, 0.4) is 0 Å². The molecular formula is C53H42N2. The van der Waals surface area contributed by atoms with Gasteiger partial charge in [-0.05, 0) is 128 Å². The molecule has 1 aromatic heterocycles. The summed E-state index contributed by atoms with van der Waals surface area (Å²) in [5.74, 6) is 0.934. The highest BCUT2D eigenvalue weighted by molar-refractivity contribution is 6.20. The molecule has 0 saturated carbocycles. The summed E-state index contributed by atoms with van der Waals surface area (Å²) in [6, 6.07) is 59.3. The first-order chi connectivity index (χ1) is 27.1. The predicted octanol–water partition coefficient (Wildman–Crippen LogP) is 14.8. The molecule has 0 aliphatic carbocycles. The van der Waals surface area contributed by atoms with Crippen LogP contribution in [0.25, 0.3) is 88.3 Å². The van der Waals surface area contributed by atoms with E-state index in [-0.39, 0.29) is 0 Å². The van der Waals surface area contributed by atoms with Crippen LogP contribution in [0.15, 0.2) is 194 Å². The minimum atomic E-state index is 0.934. The van der Waals surface area contributed by atoms with E-state index >= 15 is 0 Å². The maximum Gasteiger partial charge on any atom is 0.145 e. The predicted molar refractivity (Wildman–Crippen MR) is 237 cm³/mol. The Kier molecular flexibility index (Phi) is 9.01. The number of benzene rings is 8. The van der Waals surface area contributed by atoms with Crippen LogP contribution in [-0.2, 0) is 0 Å². The summed E-state index contributed by atoms with van der Waals surface area (Å²) >= 11 is 0. The number of allylic oxidation sites excluding steroid dienone is 6. The van der Waals surface area contributed by atoms with Crippen molar-refractivity contribution in [3.63, 3.8) is 0 Å². The molecule has 2 nitrogen and oxygen atoms in total. The topological polar surface area (TPSA) is 17.8 Å². The normalized spacial score (nSPS) is 12.5. The Bertz CT molecular complexity index is 2960. The van der Waals surface area contributed by atoms with Gasteiger partial charge in [0.1, 0.15) is 5.82 Å². The average molecular weight is 707 g/mol. The Morgan fingerprint density at radius 1 is 0.564 bits per heavy atom. The summed E-state index contributed by atoms with van der Waals surface area (Å²) in [6.07, 6.45) is 9.97. The molecule has 8 aromatic carbocycles. The van der Waals surface area contributed by atoms with E-state index < -0.39 is 0 Å². The van der Waals surface area contributed by atoms with Crippen LogP contribution in [0.5, 0.6) is 0 Å². The zero-order valence-electron chi connectivity index (χ0n) is 31.5. The number of hydrogen-bond donors (Lipinski definition) is 0. The van der Waals surface area contributed by atoms with Crippen LogP contribution in [0.2, 0.25) is 0 Å². The highest BCUT2D eigenvalue weighted by Crippen LogP contribution is 2.44. The van der Waals surface area contributed by atoms with Crippen molar-refractivity contribution < 1.29 is 0 Å². The molecule has 9 rings (SSSR count). The Hall–Kier alpha value is -6.77. The Morgan fingerprint density at radius 3 is 2.00 bits per heavy atom. The van der Waals surface area contributed by atoms with Crippen LogP contribution in [0, 0.1) is 0 Å². The number of nitrogens with zero attached hydrogens (tertiary/aromatic N) is 2. The molecule has 0 amide bonds. The zero-order valence-corrected chi connectivity index (χ0v) is 31.5. The lowest BCUT2D eigenvalue weighted by atomic mass is 9.84. The molecule has 0 unspecified atom stereocenters. The molecule has 0 aliphatic heterocycles. The number of hydrogen-bond acceptors (Lipinski definition) is 1. The van der Waals surface area contributed by atoms with Crippen molar-refractivity contribution in [3.8, 4) is 39.3 Å². The van der Waals surface area contributed by atoms with Crippen molar-refractivity contribution in [2.75, 3.05) is 0 Å². The average Bonchev–Trinajstić information content (AvgIpc) is 3.64. The molecule has 0 spiro atoms. The third-order valence-corrected chi connectivity index (χ3v) is 10.8. The van der Waals surface area contributed by atoms with Gasteiger partial charge < -0.3 is 0 Å². The molecule has 0 bridgehead atoms. The Balaban J connectivity index is 1.26. The summed E-state index contributed by atoms with van der Waals surface area (Å²) in [5.41, 5.74) is 12.9. The van der Waals surface area contributed by atoms with Crippen LogP contribution < -0.4 is 0 Å². The molecule has 0 aliphatic rings. The summed E-state index contributed by atoms with van der Waals surface area (Å²) in [7, 11) is 0. The third kappa shape index (κ3) is 6.16. The van der Waals surface area contributed by atoms with E-state index in [2.05, 4.69) is 213 Å². The first-order valence-electron chi connectivity index (χ1n) is 19.3. The van der Waals surface area contributed by atoms with Gasteiger partial charge in [-0.15, -0.1) is 0 Å². The van der Waals surface area contributed by atoms with Crippen LogP contribution in [0.1, 0.15) is 32.8 Å². The van der Waals surface area contributed by atoms with Gasteiger partial charge in [0.15, 0.2) is 0 Å². The van der Waals surface area contributed by atoms with E-state index in [4.69, 9.17) is 4.98 Å². The minimum Gasteiger partial charge on any atom is -0.292 e. The second kappa shape index (κ2) is 14.6. The second-order valence-electron chi connectivity index (χ2n) is 14.1. The van der Waals surface area contributed by atoms with Gasteiger partial charge in [0.05, 0.1) is 11.0 Å². The fourth-order valence-electron chi connectivity index (χ4n) is 8.18. The van der Waals surface area contributed by atoms with Crippen molar-refractivity contribution in [1.29, 1.82) is 0 Å². The van der Waals surface area contributed by atoms with Crippen molar-refractivity contribution in [2.24, 2.45) is 0 Å². The van der Waals surface area contributed by atoms with Crippen LogP contribution >= 0.6 is 0 Å². The zero-order chi connectivity index (χ0) is 37.3. The molecule has 2 heteroatoms. The number of rotatable bonds is 8. The molecule has 55 heavy (non-hydrogen) atoms. The molecule has 0 N–H and O–H groups in total.